The second kappa shape index (κ2) is 10.3. The molecule has 0 saturated carbocycles. The minimum Gasteiger partial charge on any atom is -0.302 e. The molecular weight excluding hydrogens is 260 g/mol. The maximum atomic E-state index is 11.5. The van der Waals surface area contributed by atoms with Crippen molar-refractivity contribution < 1.29 is 9.59 Å². The predicted molar refractivity (Wildman–Crippen MR) is 87.5 cm³/mol. The van der Waals surface area contributed by atoms with Gasteiger partial charge in [-0.25, -0.2) is 0 Å². The Bertz CT molecular complexity index is 389. The molecular formula is C19H28O2. The van der Waals surface area contributed by atoms with E-state index < -0.39 is 5.41 Å². The summed E-state index contributed by atoms with van der Waals surface area (Å²) in [4.78, 5) is 22.9. The summed E-state index contributed by atoms with van der Waals surface area (Å²) < 4.78 is 0. The van der Waals surface area contributed by atoms with Gasteiger partial charge >= 0.3 is 0 Å². The van der Waals surface area contributed by atoms with Crippen molar-refractivity contribution in [1.29, 1.82) is 0 Å². The Kier molecular flexibility index (Phi) is 8.65. The number of unbranched alkanes of at least 4 members (excludes halogenated alkanes) is 7. The minimum absolute atomic E-state index is 0.624. The van der Waals surface area contributed by atoms with Gasteiger partial charge in [-0.2, -0.15) is 0 Å². The molecule has 0 radical (unpaired) electrons. The Labute approximate surface area is 128 Å². The van der Waals surface area contributed by atoms with Gasteiger partial charge in [0.25, 0.3) is 0 Å². The largest absolute Gasteiger partial charge is 0.302 e. The van der Waals surface area contributed by atoms with E-state index in [-0.39, 0.29) is 0 Å². The van der Waals surface area contributed by atoms with Gasteiger partial charge in [0.1, 0.15) is 18.0 Å². The number of hydrogen-bond donors (Lipinski definition) is 0. The topological polar surface area (TPSA) is 34.1 Å². The highest BCUT2D eigenvalue weighted by atomic mass is 16.1. The van der Waals surface area contributed by atoms with E-state index in [9.17, 15) is 9.59 Å². The third-order valence-corrected chi connectivity index (χ3v) is 4.18. The lowest BCUT2D eigenvalue weighted by Crippen LogP contribution is -2.29. The lowest BCUT2D eigenvalue weighted by atomic mass is 9.79. The maximum Gasteiger partial charge on any atom is 0.137 e. The lowest BCUT2D eigenvalue weighted by Gasteiger charge is -2.21. The standard InChI is InChI=1S/C19H28O2/c1-2-3-4-5-6-7-8-12-15-19(16-20,17-21)18-13-10-9-11-14-18/h9-11,13-14,16-17H,2-8,12,15H2,1H3. The van der Waals surface area contributed by atoms with E-state index in [1.807, 2.05) is 30.3 Å². The molecule has 0 spiro atoms. The minimum atomic E-state index is -0.941. The molecule has 1 aromatic rings. The summed E-state index contributed by atoms with van der Waals surface area (Å²) in [6.07, 6.45) is 12.0. The zero-order valence-electron chi connectivity index (χ0n) is 13.2. The zero-order chi connectivity index (χ0) is 15.4. The molecule has 0 atom stereocenters. The number of carbonyl (C=O) groups is 2. The fraction of sp³-hybridized carbons (Fsp3) is 0.579. The van der Waals surface area contributed by atoms with E-state index >= 15 is 0 Å². The third kappa shape index (κ3) is 5.82. The number of aldehydes is 2. The van der Waals surface area contributed by atoms with Gasteiger partial charge in [0.05, 0.1) is 0 Å². The molecule has 0 fully saturated rings. The first-order valence-corrected chi connectivity index (χ1v) is 8.27. The van der Waals surface area contributed by atoms with Crippen molar-refractivity contribution in [1.82, 2.24) is 0 Å². The van der Waals surface area contributed by atoms with Crippen LogP contribution in [0.5, 0.6) is 0 Å². The van der Waals surface area contributed by atoms with Gasteiger partial charge in [-0.3, -0.25) is 0 Å². The predicted octanol–water partition coefficient (Wildman–Crippen LogP) is 4.85. The van der Waals surface area contributed by atoms with Crippen LogP contribution in [0.25, 0.3) is 0 Å². The number of rotatable bonds is 12. The van der Waals surface area contributed by atoms with Gasteiger partial charge in [-0.1, -0.05) is 88.6 Å². The molecule has 0 unspecified atom stereocenters. The van der Waals surface area contributed by atoms with Crippen LogP contribution in [0.2, 0.25) is 0 Å². The van der Waals surface area contributed by atoms with Crippen molar-refractivity contribution in [3.63, 3.8) is 0 Å². The van der Waals surface area contributed by atoms with Gasteiger partial charge in [0, 0.05) is 0 Å². The molecule has 1 rings (SSSR count). The smallest absolute Gasteiger partial charge is 0.137 e. The molecule has 0 N–H and O–H groups in total. The molecule has 0 bridgehead atoms. The van der Waals surface area contributed by atoms with Crippen molar-refractivity contribution in [2.75, 3.05) is 0 Å². The number of benzene rings is 1. The molecule has 0 saturated heterocycles. The van der Waals surface area contributed by atoms with Crippen LogP contribution in [0.4, 0.5) is 0 Å². The molecule has 1 aromatic carbocycles. The molecule has 2 nitrogen and oxygen atoms in total. The Morgan fingerprint density at radius 1 is 0.810 bits per heavy atom. The highest BCUT2D eigenvalue weighted by molar-refractivity contribution is 5.91. The summed E-state index contributed by atoms with van der Waals surface area (Å²) in [5.74, 6) is 0. The van der Waals surface area contributed by atoms with E-state index in [1.54, 1.807) is 0 Å². The molecule has 116 valence electrons. The summed E-state index contributed by atoms with van der Waals surface area (Å²) in [6.45, 7) is 2.22. The van der Waals surface area contributed by atoms with Crippen molar-refractivity contribution in [3.8, 4) is 0 Å². The van der Waals surface area contributed by atoms with Crippen molar-refractivity contribution >= 4 is 12.6 Å². The molecule has 0 aliphatic heterocycles. The fourth-order valence-corrected chi connectivity index (χ4v) is 2.73. The average molecular weight is 288 g/mol. The van der Waals surface area contributed by atoms with Crippen LogP contribution in [-0.4, -0.2) is 12.6 Å². The van der Waals surface area contributed by atoms with Gasteiger partial charge in [0.2, 0.25) is 0 Å². The highest BCUT2D eigenvalue weighted by Crippen LogP contribution is 2.26. The zero-order valence-corrected chi connectivity index (χ0v) is 13.2. The summed E-state index contributed by atoms with van der Waals surface area (Å²) in [5.41, 5.74) is -0.123. The lowest BCUT2D eigenvalue weighted by molar-refractivity contribution is -0.121. The summed E-state index contributed by atoms with van der Waals surface area (Å²) in [5, 5.41) is 0. The van der Waals surface area contributed by atoms with E-state index in [1.165, 1.54) is 38.5 Å². The second-order valence-electron chi connectivity index (χ2n) is 5.87. The molecule has 0 aromatic heterocycles. The molecule has 0 aliphatic carbocycles. The average Bonchev–Trinajstić information content (AvgIpc) is 2.55. The monoisotopic (exact) mass is 288 g/mol. The van der Waals surface area contributed by atoms with Crippen LogP contribution in [0.1, 0.15) is 70.3 Å². The molecule has 0 amide bonds. The first-order chi connectivity index (χ1) is 10.3. The van der Waals surface area contributed by atoms with Gasteiger partial charge in [0.15, 0.2) is 0 Å². The Hall–Kier alpha value is -1.44. The SMILES string of the molecule is CCCCCCCCCCC(C=O)(C=O)c1ccccc1. The third-order valence-electron chi connectivity index (χ3n) is 4.18. The second-order valence-corrected chi connectivity index (χ2v) is 5.87. The highest BCUT2D eigenvalue weighted by Gasteiger charge is 2.30. The quantitative estimate of drug-likeness (QED) is 0.313. The Morgan fingerprint density at radius 3 is 1.86 bits per heavy atom. The molecule has 2 heteroatoms. The first kappa shape index (κ1) is 17.6. The van der Waals surface area contributed by atoms with Crippen LogP contribution < -0.4 is 0 Å². The Morgan fingerprint density at radius 2 is 1.33 bits per heavy atom. The maximum absolute atomic E-state index is 11.5. The van der Waals surface area contributed by atoms with E-state index in [2.05, 4.69) is 6.92 Å². The van der Waals surface area contributed by atoms with Crippen LogP contribution in [0, 0.1) is 0 Å². The van der Waals surface area contributed by atoms with E-state index in [4.69, 9.17) is 0 Å². The van der Waals surface area contributed by atoms with Gasteiger partial charge in [-0.15, -0.1) is 0 Å². The van der Waals surface area contributed by atoms with Crippen LogP contribution in [-0.2, 0) is 15.0 Å². The first-order valence-electron chi connectivity index (χ1n) is 8.27. The molecule has 0 aliphatic rings. The number of hydrogen-bond acceptors (Lipinski definition) is 2. The normalized spacial score (nSPS) is 11.3. The molecule has 21 heavy (non-hydrogen) atoms. The summed E-state index contributed by atoms with van der Waals surface area (Å²) in [7, 11) is 0. The summed E-state index contributed by atoms with van der Waals surface area (Å²) >= 11 is 0. The van der Waals surface area contributed by atoms with Crippen molar-refractivity contribution in [2.45, 2.75) is 70.1 Å². The van der Waals surface area contributed by atoms with E-state index in [0.29, 0.717) is 6.42 Å². The van der Waals surface area contributed by atoms with Gasteiger partial charge in [-0.05, 0) is 12.0 Å². The fourth-order valence-electron chi connectivity index (χ4n) is 2.73. The molecule has 0 heterocycles. The van der Waals surface area contributed by atoms with Gasteiger partial charge < -0.3 is 9.59 Å². The van der Waals surface area contributed by atoms with Crippen LogP contribution >= 0.6 is 0 Å². The van der Waals surface area contributed by atoms with Crippen LogP contribution in [0.3, 0.4) is 0 Å². The summed E-state index contributed by atoms with van der Waals surface area (Å²) in [6, 6.07) is 9.40. The van der Waals surface area contributed by atoms with E-state index in [0.717, 1.165) is 31.0 Å². The van der Waals surface area contributed by atoms with Crippen molar-refractivity contribution in [3.05, 3.63) is 35.9 Å². The Balaban J connectivity index is 2.36. The van der Waals surface area contributed by atoms with Crippen molar-refractivity contribution in [2.24, 2.45) is 0 Å². The van der Waals surface area contributed by atoms with Crippen LogP contribution in [0.15, 0.2) is 30.3 Å². The number of carbonyl (C=O) groups excluding carboxylic acids is 2.